The topological polar surface area (TPSA) is 44.7 Å². The predicted molar refractivity (Wildman–Crippen MR) is 117 cm³/mol. The molecule has 2 aromatic rings. The first-order chi connectivity index (χ1) is 12.7. The Balaban J connectivity index is 1.83. The molecule has 1 aliphatic heterocycles. The number of nitrogens with one attached hydrogen (secondary N) is 1. The maximum Gasteiger partial charge on any atom is 0.271 e. The summed E-state index contributed by atoms with van der Waals surface area (Å²) in [6.07, 6.45) is 3.50. The van der Waals surface area contributed by atoms with Crippen molar-refractivity contribution in [3.8, 4) is 0 Å². The van der Waals surface area contributed by atoms with Crippen LogP contribution in [0.3, 0.4) is 0 Å². The van der Waals surface area contributed by atoms with E-state index in [9.17, 15) is 9.18 Å². The lowest BCUT2D eigenvalue weighted by atomic mass is 9.88. The Hall–Kier alpha value is -2.22. The lowest BCUT2D eigenvalue weighted by Gasteiger charge is -2.40. The zero-order valence-electron chi connectivity index (χ0n) is 15.7. The van der Waals surface area contributed by atoms with Gasteiger partial charge in [0.1, 0.15) is 5.82 Å². The van der Waals surface area contributed by atoms with Crippen molar-refractivity contribution < 1.29 is 9.18 Å². The van der Waals surface area contributed by atoms with Crippen molar-refractivity contribution in [3.63, 3.8) is 0 Å². The third kappa shape index (κ3) is 4.05. The molecule has 1 N–H and O–H groups in total. The highest BCUT2D eigenvalue weighted by molar-refractivity contribution is 14.1. The minimum atomic E-state index is -0.377. The van der Waals surface area contributed by atoms with Crippen molar-refractivity contribution in [3.05, 3.63) is 68.6 Å². The molecule has 140 valence electrons. The fourth-order valence-corrected chi connectivity index (χ4v) is 3.68. The Kier molecular flexibility index (Phi) is 5.37. The van der Waals surface area contributed by atoms with Crippen molar-refractivity contribution in [2.24, 2.45) is 5.10 Å². The summed E-state index contributed by atoms with van der Waals surface area (Å²) in [5.74, 6) is -0.709. The molecule has 2 aromatic carbocycles. The van der Waals surface area contributed by atoms with E-state index in [0.29, 0.717) is 11.1 Å². The van der Waals surface area contributed by atoms with E-state index in [1.54, 1.807) is 24.3 Å². The highest BCUT2D eigenvalue weighted by Gasteiger charge is 2.29. The van der Waals surface area contributed by atoms with Crippen molar-refractivity contribution in [1.29, 1.82) is 0 Å². The molecule has 0 saturated carbocycles. The highest BCUT2D eigenvalue weighted by Crippen LogP contribution is 2.38. The summed E-state index contributed by atoms with van der Waals surface area (Å²) in [6.45, 7) is 6.20. The molecule has 1 heterocycles. The molecule has 0 saturated heterocycles. The van der Waals surface area contributed by atoms with Gasteiger partial charge < -0.3 is 4.90 Å². The van der Waals surface area contributed by atoms with Crippen LogP contribution < -0.4 is 10.3 Å². The number of halogens is 2. The van der Waals surface area contributed by atoms with Crippen LogP contribution in [0.5, 0.6) is 0 Å². The van der Waals surface area contributed by atoms with Gasteiger partial charge in [-0.1, -0.05) is 12.1 Å². The van der Waals surface area contributed by atoms with Gasteiger partial charge in [-0.2, -0.15) is 5.10 Å². The molecule has 0 spiro atoms. The summed E-state index contributed by atoms with van der Waals surface area (Å²) >= 11 is 2.14. The molecule has 27 heavy (non-hydrogen) atoms. The summed E-state index contributed by atoms with van der Waals surface area (Å²) in [4.78, 5) is 14.2. The fourth-order valence-electron chi connectivity index (χ4n) is 3.14. The van der Waals surface area contributed by atoms with E-state index < -0.39 is 0 Å². The second-order valence-corrected chi connectivity index (χ2v) is 8.39. The van der Waals surface area contributed by atoms with E-state index in [-0.39, 0.29) is 17.3 Å². The summed E-state index contributed by atoms with van der Waals surface area (Å²) in [6, 6.07) is 10.5. The lowest BCUT2D eigenvalue weighted by Crippen LogP contribution is -2.42. The number of rotatable bonds is 3. The molecule has 0 atom stereocenters. The maximum atomic E-state index is 14.6. The van der Waals surface area contributed by atoms with Crippen molar-refractivity contribution >= 4 is 46.0 Å². The van der Waals surface area contributed by atoms with E-state index in [0.717, 1.165) is 20.4 Å². The number of benzene rings is 2. The number of carbonyl (C=O) groups is 1. The second kappa shape index (κ2) is 7.42. The number of amides is 1. The van der Waals surface area contributed by atoms with Gasteiger partial charge in [0.25, 0.3) is 5.91 Å². The largest absolute Gasteiger partial charge is 0.365 e. The molecule has 0 aliphatic carbocycles. The monoisotopic (exact) mass is 477 g/mol. The number of hydrazone groups is 1. The van der Waals surface area contributed by atoms with Gasteiger partial charge in [0.15, 0.2) is 0 Å². The Morgan fingerprint density at radius 2 is 2.04 bits per heavy atom. The van der Waals surface area contributed by atoms with Crippen LogP contribution in [-0.2, 0) is 0 Å². The summed E-state index contributed by atoms with van der Waals surface area (Å²) < 4.78 is 15.5. The van der Waals surface area contributed by atoms with Gasteiger partial charge in [0, 0.05) is 33.0 Å². The Morgan fingerprint density at radius 1 is 1.30 bits per heavy atom. The van der Waals surface area contributed by atoms with Gasteiger partial charge in [-0.25, -0.2) is 9.82 Å². The third-order valence-corrected chi connectivity index (χ3v) is 5.46. The summed E-state index contributed by atoms with van der Waals surface area (Å²) in [5, 5.41) is 3.93. The van der Waals surface area contributed by atoms with Crippen LogP contribution in [0.4, 0.5) is 10.1 Å². The zero-order chi connectivity index (χ0) is 19.8. The minimum absolute atomic E-state index is 0.180. The molecule has 1 aliphatic rings. The SMILES string of the molecule is CC1=CC(C)(C)N(C)c2cc(F)c(/C=N\NC(=O)c3cccc(I)c3)cc21. The van der Waals surface area contributed by atoms with Gasteiger partial charge >= 0.3 is 0 Å². The zero-order valence-corrected chi connectivity index (χ0v) is 17.8. The smallest absolute Gasteiger partial charge is 0.271 e. The Labute approximate surface area is 172 Å². The molecule has 0 radical (unpaired) electrons. The number of allylic oxidation sites excluding steroid dienone is 1. The first-order valence-electron chi connectivity index (χ1n) is 8.55. The Morgan fingerprint density at radius 3 is 2.74 bits per heavy atom. The summed E-state index contributed by atoms with van der Waals surface area (Å²) in [7, 11) is 1.95. The van der Waals surface area contributed by atoms with Crippen LogP contribution in [0.25, 0.3) is 5.57 Å². The molecular weight excluding hydrogens is 456 g/mol. The van der Waals surface area contributed by atoms with Crippen molar-refractivity contribution in [1.82, 2.24) is 5.43 Å². The predicted octanol–water partition coefficient (Wildman–Crippen LogP) is 4.83. The maximum absolute atomic E-state index is 14.6. The number of hydrogen-bond acceptors (Lipinski definition) is 3. The molecule has 0 fully saturated rings. The number of fused-ring (bicyclic) bond motifs is 1. The van der Waals surface area contributed by atoms with Crippen molar-refractivity contribution in [2.45, 2.75) is 26.3 Å². The average Bonchev–Trinajstić information content (AvgIpc) is 2.60. The molecule has 4 nitrogen and oxygen atoms in total. The molecule has 0 bridgehead atoms. The third-order valence-electron chi connectivity index (χ3n) is 4.79. The Bertz CT molecular complexity index is 966. The van der Waals surface area contributed by atoms with Crippen LogP contribution in [0.15, 0.2) is 47.6 Å². The van der Waals surface area contributed by atoms with Crippen LogP contribution in [0.1, 0.15) is 42.3 Å². The van der Waals surface area contributed by atoms with E-state index in [1.165, 1.54) is 12.3 Å². The normalized spacial score (nSPS) is 15.5. The van der Waals surface area contributed by atoms with Crippen LogP contribution in [0.2, 0.25) is 0 Å². The lowest BCUT2D eigenvalue weighted by molar-refractivity contribution is 0.0955. The van der Waals surface area contributed by atoms with Gasteiger partial charge in [-0.05, 0) is 79.3 Å². The molecule has 6 heteroatoms. The number of likely N-dealkylation sites (N-methyl/N-ethyl adjacent to an activating group) is 1. The molecule has 0 aromatic heterocycles. The van der Waals surface area contributed by atoms with E-state index in [2.05, 4.69) is 57.9 Å². The fraction of sp³-hybridized carbons (Fsp3) is 0.238. The van der Waals surface area contributed by atoms with Gasteiger partial charge in [0.05, 0.1) is 11.8 Å². The number of nitrogens with zero attached hydrogens (tertiary/aromatic N) is 2. The van der Waals surface area contributed by atoms with Crippen LogP contribution in [-0.4, -0.2) is 24.7 Å². The highest BCUT2D eigenvalue weighted by atomic mass is 127. The van der Waals surface area contributed by atoms with E-state index >= 15 is 0 Å². The number of carbonyl (C=O) groups excluding carboxylic acids is 1. The van der Waals surface area contributed by atoms with Gasteiger partial charge in [-0.3, -0.25) is 4.79 Å². The first kappa shape index (κ1) is 19.5. The minimum Gasteiger partial charge on any atom is -0.365 e. The number of anilines is 1. The standard InChI is InChI=1S/C21H21FIN3O/c1-13-11-21(2,3)26(4)19-10-18(22)15(9-17(13)19)12-24-25-20(27)14-6-5-7-16(23)8-14/h5-12H,1-4H3,(H,25,27)/b24-12-. The molecule has 3 rings (SSSR count). The second-order valence-electron chi connectivity index (χ2n) is 7.14. The number of hydrogen-bond donors (Lipinski definition) is 1. The molecule has 1 amide bonds. The molecule has 0 unspecified atom stereocenters. The quantitative estimate of drug-likeness (QED) is 0.391. The average molecular weight is 477 g/mol. The van der Waals surface area contributed by atoms with E-state index in [1.807, 2.05) is 20.0 Å². The van der Waals surface area contributed by atoms with E-state index in [4.69, 9.17) is 0 Å². The molecular formula is C21H21FIN3O. The van der Waals surface area contributed by atoms with Gasteiger partial charge in [-0.15, -0.1) is 0 Å². The van der Waals surface area contributed by atoms with Crippen LogP contribution in [0, 0.1) is 9.39 Å². The summed E-state index contributed by atoms with van der Waals surface area (Å²) in [5.41, 5.74) is 6.00. The first-order valence-corrected chi connectivity index (χ1v) is 9.63. The van der Waals surface area contributed by atoms with Gasteiger partial charge in [0.2, 0.25) is 0 Å². The van der Waals surface area contributed by atoms with Crippen LogP contribution >= 0.6 is 22.6 Å². The van der Waals surface area contributed by atoms with Crippen molar-refractivity contribution in [2.75, 3.05) is 11.9 Å².